The van der Waals surface area contributed by atoms with E-state index in [1.807, 2.05) is 0 Å². The molecule has 11 heteroatoms. The number of aromatic nitrogens is 2. The van der Waals surface area contributed by atoms with E-state index in [0.29, 0.717) is 0 Å². The van der Waals surface area contributed by atoms with Gasteiger partial charge in [0.1, 0.15) is 4.21 Å². The topological polar surface area (TPSA) is 137 Å². The third kappa shape index (κ3) is 4.54. The summed E-state index contributed by atoms with van der Waals surface area (Å²) in [6.45, 7) is 0. The van der Waals surface area contributed by atoms with Crippen molar-refractivity contribution in [2.24, 2.45) is 0 Å². The summed E-state index contributed by atoms with van der Waals surface area (Å²) in [6.07, 6.45) is 1.24. The van der Waals surface area contributed by atoms with E-state index in [1.165, 1.54) is 12.3 Å². The molecule has 2 aromatic rings. The van der Waals surface area contributed by atoms with Gasteiger partial charge in [0.2, 0.25) is 0 Å². The highest BCUT2D eigenvalue weighted by Crippen LogP contribution is 2.14. The Hall–Kier alpha value is -1.27. The minimum Gasteiger partial charge on any atom is -0.281 e. The van der Waals surface area contributed by atoms with Crippen molar-refractivity contribution in [1.29, 1.82) is 0 Å². The summed E-state index contributed by atoms with van der Waals surface area (Å²) in [7, 11) is -8.02. The van der Waals surface area contributed by atoms with Crippen LogP contribution in [0.15, 0.2) is 39.0 Å². The molecule has 0 bridgehead atoms. The van der Waals surface area contributed by atoms with Gasteiger partial charge in [-0.3, -0.25) is 14.2 Å². The van der Waals surface area contributed by atoms with Gasteiger partial charge in [0.05, 0.1) is 6.20 Å². The Morgan fingerprint density at radius 1 is 1.11 bits per heavy atom. The van der Waals surface area contributed by atoms with Gasteiger partial charge >= 0.3 is 20.2 Å². The van der Waals surface area contributed by atoms with E-state index in [0.717, 1.165) is 17.4 Å². The molecule has 0 spiro atoms. The third-order valence-electron chi connectivity index (χ3n) is 1.50. The van der Waals surface area contributed by atoms with E-state index in [9.17, 15) is 16.8 Å². The zero-order valence-corrected chi connectivity index (χ0v) is 11.0. The predicted octanol–water partition coefficient (Wildman–Crippen LogP) is 0.651. The van der Waals surface area contributed by atoms with E-state index < -0.39 is 20.2 Å². The number of aromatic amines is 1. The molecule has 0 aliphatic rings. The Morgan fingerprint density at radius 3 is 2.00 bits per heavy atom. The van der Waals surface area contributed by atoms with Gasteiger partial charge in [0.15, 0.2) is 5.03 Å². The summed E-state index contributed by atoms with van der Waals surface area (Å²) in [4.78, 5) is 0. The maximum absolute atomic E-state index is 10.3. The largest absolute Gasteiger partial charge is 0.311 e. The summed E-state index contributed by atoms with van der Waals surface area (Å²) in [5.41, 5.74) is 0. The van der Waals surface area contributed by atoms with Crippen molar-refractivity contribution in [3.8, 4) is 0 Å². The average Bonchev–Trinajstić information content (AvgIpc) is 2.91. The van der Waals surface area contributed by atoms with Crippen LogP contribution >= 0.6 is 11.3 Å². The van der Waals surface area contributed by atoms with E-state index in [4.69, 9.17) is 9.11 Å². The molecular weight excluding hydrogens is 304 g/mol. The lowest BCUT2D eigenvalue weighted by molar-refractivity contribution is 0.478. The number of thiophene rings is 1. The molecule has 3 N–H and O–H groups in total. The van der Waals surface area contributed by atoms with E-state index in [2.05, 4.69) is 10.2 Å². The highest BCUT2D eigenvalue weighted by molar-refractivity contribution is 7.88. The zero-order chi connectivity index (χ0) is 13.8. The molecule has 0 saturated carbocycles. The summed E-state index contributed by atoms with van der Waals surface area (Å²) >= 11 is 0.992. The molecule has 0 unspecified atom stereocenters. The summed E-state index contributed by atoms with van der Waals surface area (Å²) in [6, 6.07) is 4.07. The van der Waals surface area contributed by atoms with Crippen LogP contribution in [0.3, 0.4) is 0 Å². The van der Waals surface area contributed by atoms with Crippen LogP contribution < -0.4 is 0 Å². The van der Waals surface area contributed by atoms with Crippen LogP contribution in [0.4, 0.5) is 0 Å². The molecule has 0 amide bonds. The van der Waals surface area contributed by atoms with Crippen LogP contribution in [-0.2, 0) is 20.2 Å². The Labute approximate surface area is 107 Å². The maximum Gasteiger partial charge on any atom is 0.311 e. The molecule has 18 heavy (non-hydrogen) atoms. The Balaban J connectivity index is 0.000000180. The minimum atomic E-state index is -4.08. The highest BCUT2D eigenvalue weighted by atomic mass is 32.3. The van der Waals surface area contributed by atoms with Gasteiger partial charge in [0.25, 0.3) is 0 Å². The highest BCUT2D eigenvalue weighted by Gasteiger charge is 2.09. The fourth-order valence-corrected chi connectivity index (χ4v) is 2.55. The van der Waals surface area contributed by atoms with Gasteiger partial charge in [0, 0.05) is 0 Å². The smallest absolute Gasteiger partial charge is 0.281 e. The van der Waals surface area contributed by atoms with Crippen molar-refractivity contribution in [3.05, 3.63) is 29.8 Å². The molecule has 8 nitrogen and oxygen atoms in total. The van der Waals surface area contributed by atoms with Crippen LogP contribution in [0.5, 0.6) is 0 Å². The quantitative estimate of drug-likeness (QED) is 0.692. The van der Waals surface area contributed by atoms with Crippen molar-refractivity contribution in [2.45, 2.75) is 9.24 Å². The van der Waals surface area contributed by atoms with Gasteiger partial charge in [-0.2, -0.15) is 21.9 Å². The van der Waals surface area contributed by atoms with Crippen LogP contribution in [0.1, 0.15) is 0 Å². The number of nitrogens with one attached hydrogen (secondary N) is 1. The molecule has 0 saturated heterocycles. The second-order valence-corrected chi connectivity index (χ2v) is 6.79. The first kappa shape index (κ1) is 14.8. The average molecular weight is 312 g/mol. The molecule has 2 heterocycles. The molecule has 2 rings (SSSR count). The molecule has 0 atom stereocenters. The summed E-state index contributed by atoms with van der Waals surface area (Å²) in [5, 5.41) is 6.71. The SMILES string of the molecule is O=S(=O)(O)c1cccs1.O=S(=O)(O)c1ccn[nH]1. The van der Waals surface area contributed by atoms with E-state index in [-0.39, 0.29) is 9.24 Å². The van der Waals surface area contributed by atoms with Gasteiger partial charge in [-0.1, -0.05) is 6.07 Å². The first-order chi connectivity index (χ1) is 8.21. The fourth-order valence-electron chi connectivity index (χ4n) is 0.797. The minimum absolute atomic E-state index is 0.0116. The summed E-state index contributed by atoms with van der Waals surface area (Å²) < 4.78 is 57.5. The van der Waals surface area contributed by atoms with Crippen molar-refractivity contribution < 1.29 is 25.9 Å². The van der Waals surface area contributed by atoms with Gasteiger partial charge in [-0.25, -0.2) is 0 Å². The predicted molar refractivity (Wildman–Crippen MR) is 62.5 cm³/mol. The lowest BCUT2D eigenvalue weighted by atomic mass is 10.7. The Bertz CT molecular complexity index is 609. The van der Waals surface area contributed by atoms with Crippen LogP contribution in [-0.4, -0.2) is 36.1 Å². The zero-order valence-electron chi connectivity index (χ0n) is 8.59. The number of hydrogen-bond acceptors (Lipinski definition) is 6. The number of rotatable bonds is 2. The molecule has 0 radical (unpaired) electrons. The second-order valence-electron chi connectivity index (χ2n) is 2.80. The normalized spacial score (nSPS) is 11.7. The van der Waals surface area contributed by atoms with Gasteiger partial charge in [-0.05, 0) is 17.5 Å². The monoisotopic (exact) mass is 312 g/mol. The molecule has 100 valence electrons. The lowest BCUT2D eigenvalue weighted by Gasteiger charge is -1.85. The maximum atomic E-state index is 10.3. The van der Waals surface area contributed by atoms with Crippen LogP contribution in [0, 0.1) is 0 Å². The Morgan fingerprint density at radius 2 is 1.78 bits per heavy atom. The summed E-state index contributed by atoms with van der Waals surface area (Å²) in [5.74, 6) is 0. The standard InChI is InChI=1S/C4H4O3S2.C3H4N2O3S/c5-9(6,7)4-2-1-3-8-4;6-9(7,8)3-1-2-4-5-3/h1-3H,(H,5,6,7);1-2H,(H,4,5)(H,6,7,8). The molecule has 0 aliphatic carbocycles. The van der Waals surface area contributed by atoms with E-state index >= 15 is 0 Å². The second kappa shape index (κ2) is 5.58. The first-order valence-corrected chi connectivity index (χ1v) is 7.95. The third-order valence-corrected chi connectivity index (χ3v) is 4.51. The fraction of sp³-hybridized carbons (Fsp3) is 0. The Kier molecular flexibility index (Phi) is 4.59. The van der Waals surface area contributed by atoms with Crippen molar-refractivity contribution in [1.82, 2.24) is 10.2 Å². The molecule has 0 fully saturated rings. The van der Waals surface area contributed by atoms with Crippen molar-refractivity contribution in [3.63, 3.8) is 0 Å². The van der Waals surface area contributed by atoms with Gasteiger partial charge < -0.3 is 0 Å². The molecule has 0 aromatic carbocycles. The van der Waals surface area contributed by atoms with Gasteiger partial charge in [-0.15, -0.1) is 11.3 Å². The van der Waals surface area contributed by atoms with Crippen molar-refractivity contribution >= 4 is 31.6 Å². The van der Waals surface area contributed by atoms with E-state index in [1.54, 1.807) is 11.4 Å². The van der Waals surface area contributed by atoms with Crippen LogP contribution in [0.25, 0.3) is 0 Å². The molecule has 0 aliphatic heterocycles. The molecule has 2 aromatic heterocycles. The molecular formula is C7H8N2O6S3. The van der Waals surface area contributed by atoms with Crippen molar-refractivity contribution in [2.75, 3.05) is 0 Å². The number of H-pyrrole nitrogens is 1. The number of hydrogen-bond donors (Lipinski definition) is 3. The van der Waals surface area contributed by atoms with Crippen LogP contribution in [0.2, 0.25) is 0 Å². The first-order valence-electron chi connectivity index (χ1n) is 4.19. The number of nitrogens with zero attached hydrogens (tertiary/aromatic N) is 1. The lowest BCUT2D eigenvalue weighted by Crippen LogP contribution is -1.97.